The van der Waals surface area contributed by atoms with Crippen LogP contribution in [0.5, 0.6) is 0 Å². The minimum Gasteiger partial charge on any atom is -0.444 e. The lowest BCUT2D eigenvalue weighted by Gasteiger charge is -2.07. The summed E-state index contributed by atoms with van der Waals surface area (Å²) in [6.45, 7) is 3.30. The minimum absolute atomic E-state index is 0.0300. The predicted octanol–water partition coefficient (Wildman–Crippen LogP) is 0.743. The van der Waals surface area contributed by atoms with Crippen LogP contribution in [0.15, 0.2) is 0 Å². The average Bonchev–Trinajstić information content (AvgIpc) is 2.52. The van der Waals surface area contributed by atoms with Gasteiger partial charge in [-0.1, -0.05) is 6.92 Å². The fourth-order valence-electron chi connectivity index (χ4n) is 1.44. The van der Waals surface area contributed by atoms with Gasteiger partial charge in [-0.05, 0) is 12.8 Å². The maximum Gasteiger partial charge on any atom is 0.409 e. The van der Waals surface area contributed by atoms with E-state index < -0.39 is 0 Å². The largest absolute Gasteiger partial charge is 0.444 e. The molecule has 0 saturated carbocycles. The summed E-state index contributed by atoms with van der Waals surface area (Å²) < 4.78 is 5.04. The molecular formula is C10H18N2O3. The zero-order chi connectivity index (χ0) is 11.3. The Morgan fingerprint density at radius 2 is 2.40 bits per heavy atom. The molecule has 1 rings (SSSR count). The van der Waals surface area contributed by atoms with Gasteiger partial charge >= 0.3 is 6.09 Å². The summed E-state index contributed by atoms with van der Waals surface area (Å²) in [6.07, 6.45) is 1.54. The molecule has 1 saturated heterocycles. The summed E-state index contributed by atoms with van der Waals surface area (Å²) >= 11 is 0. The van der Waals surface area contributed by atoms with Gasteiger partial charge in [0.05, 0.1) is 6.54 Å². The molecule has 1 fully saturated rings. The first kappa shape index (κ1) is 11.8. The molecule has 1 unspecified atom stereocenters. The van der Waals surface area contributed by atoms with Crippen LogP contribution in [-0.4, -0.2) is 43.1 Å². The maximum absolute atomic E-state index is 11.3. The Morgan fingerprint density at radius 3 is 2.93 bits per heavy atom. The van der Waals surface area contributed by atoms with Gasteiger partial charge in [-0.2, -0.15) is 0 Å². The molecule has 0 bridgehead atoms. The summed E-state index contributed by atoms with van der Waals surface area (Å²) in [4.78, 5) is 23.8. The highest BCUT2D eigenvalue weighted by atomic mass is 16.6. The van der Waals surface area contributed by atoms with Crippen molar-refractivity contribution in [1.29, 1.82) is 0 Å². The molecule has 1 aliphatic heterocycles. The number of likely N-dealkylation sites (N-methyl/N-ethyl adjacent to an activating group) is 1. The first-order valence-corrected chi connectivity index (χ1v) is 5.32. The summed E-state index contributed by atoms with van der Waals surface area (Å²) in [6, 6.07) is 0. The van der Waals surface area contributed by atoms with E-state index in [1.165, 1.54) is 4.90 Å². The van der Waals surface area contributed by atoms with Gasteiger partial charge in [0.1, 0.15) is 6.10 Å². The van der Waals surface area contributed by atoms with E-state index in [0.717, 1.165) is 6.42 Å². The van der Waals surface area contributed by atoms with Gasteiger partial charge in [0, 0.05) is 20.0 Å². The van der Waals surface area contributed by atoms with Crippen molar-refractivity contribution in [3.05, 3.63) is 0 Å². The van der Waals surface area contributed by atoms with Crippen LogP contribution in [0.1, 0.15) is 26.2 Å². The number of hydrogen-bond donors (Lipinski definition) is 1. The van der Waals surface area contributed by atoms with Crippen molar-refractivity contribution in [1.82, 2.24) is 10.2 Å². The van der Waals surface area contributed by atoms with Crippen molar-refractivity contribution in [3.63, 3.8) is 0 Å². The third kappa shape index (κ3) is 3.77. The van der Waals surface area contributed by atoms with Crippen molar-refractivity contribution < 1.29 is 14.3 Å². The molecule has 0 radical (unpaired) electrons. The zero-order valence-corrected chi connectivity index (χ0v) is 9.28. The van der Waals surface area contributed by atoms with E-state index in [1.54, 1.807) is 7.05 Å². The molecule has 1 atom stereocenters. The molecule has 1 N–H and O–H groups in total. The van der Waals surface area contributed by atoms with E-state index in [2.05, 4.69) is 5.32 Å². The van der Waals surface area contributed by atoms with Crippen molar-refractivity contribution in [2.45, 2.75) is 32.3 Å². The Morgan fingerprint density at radius 1 is 1.67 bits per heavy atom. The lowest BCUT2D eigenvalue weighted by Crippen LogP contribution is -2.26. The topological polar surface area (TPSA) is 58.6 Å². The van der Waals surface area contributed by atoms with Crippen LogP contribution in [0.25, 0.3) is 0 Å². The molecule has 0 aromatic carbocycles. The molecular weight excluding hydrogens is 196 g/mol. The number of carbonyl (C=O) groups excluding carboxylic acids is 2. The Balaban J connectivity index is 2.15. The van der Waals surface area contributed by atoms with Gasteiger partial charge in [-0.25, -0.2) is 4.79 Å². The standard InChI is InChI=1S/C10H18N2O3/c1-3-6-11-9(13)5-4-8-7-12(2)10(14)15-8/h8H,3-7H2,1-2H3,(H,11,13). The van der Waals surface area contributed by atoms with Crippen LogP contribution in [-0.2, 0) is 9.53 Å². The molecule has 0 aromatic rings. The van der Waals surface area contributed by atoms with E-state index in [9.17, 15) is 9.59 Å². The number of hydrogen-bond acceptors (Lipinski definition) is 3. The second-order valence-electron chi connectivity index (χ2n) is 3.77. The SMILES string of the molecule is CCCNC(=O)CCC1CN(C)C(=O)O1. The Labute approximate surface area is 89.8 Å². The molecule has 5 heteroatoms. The quantitative estimate of drug-likeness (QED) is 0.734. The molecule has 0 spiro atoms. The van der Waals surface area contributed by atoms with Crippen molar-refractivity contribution in [3.8, 4) is 0 Å². The van der Waals surface area contributed by atoms with E-state index in [1.807, 2.05) is 6.92 Å². The Hall–Kier alpha value is -1.26. The lowest BCUT2D eigenvalue weighted by atomic mass is 10.2. The highest BCUT2D eigenvalue weighted by Crippen LogP contribution is 2.13. The van der Waals surface area contributed by atoms with Crippen LogP contribution in [0.2, 0.25) is 0 Å². The highest BCUT2D eigenvalue weighted by molar-refractivity contribution is 5.76. The van der Waals surface area contributed by atoms with Crippen molar-refractivity contribution >= 4 is 12.0 Å². The minimum atomic E-state index is -0.297. The molecule has 86 valence electrons. The second kappa shape index (κ2) is 5.58. The molecule has 15 heavy (non-hydrogen) atoms. The number of nitrogens with one attached hydrogen (secondary N) is 1. The van der Waals surface area contributed by atoms with Gasteiger partial charge in [0.2, 0.25) is 5.91 Å². The number of cyclic esters (lactones) is 1. The number of carbonyl (C=O) groups is 2. The van der Waals surface area contributed by atoms with Crippen molar-refractivity contribution in [2.24, 2.45) is 0 Å². The zero-order valence-electron chi connectivity index (χ0n) is 9.28. The van der Waals surface area contributed by atoms with Crippen LogP contribution >= 0.6 is 0 Å². The van der Waals surface area contributed by atoms with Crippen LogP contribution < -0.4 is 5.32 Å². The summed E-state index contributed by atoms with van der Waals surface area (Å²) in [5.41, 5.74) is 0. The van der Waals surface area contributed by atoms with E-state index in [4.69, 9.17) is 4.74 Å². The molecule has 2 amide bonds. The van der Waals surface area contributed by atoms with E-state index in [0.29, 0.717) is 25.9 Å². The van der Waals surface area contributed by atoms with E-state index >= 15 is 0 Å². The Kier molecular flexibility index (Phi) is 4.39. The molecule has 0 aliphatic carbocycles. The fourth-order valence-corrected chi connectivity index (χ4v) is 1.44. The van der Waals surface area contributed by atoms with Crippen LogP contribution in [0, 0.1) is 0 Å². The third-order valence-electron chi connectivity index (χ3n) is 2.32. The number of nitrogens with zero attached hydrogens (tertiary/aromatic N) is 1. The molecule has 0 aromatic heterocycles. The first-order chi connectivity index (χ1) is 7.13. The molecule has 5 nitrogen and oxygen atoms in total. The molecule has 1 aliphatic rings. The van der Waals surface area contributed by atoms with Gasteiger partial charge < -0.3 is 15.0 Å². The maximum atomic E-state index is 11.3. The lowest BCUT2D eigenvalue weighted by molar-refractivity contribution is -0.121. The van der Waals surface area contributed by atoms with E-state index in [-0.39, 0.29) is 18.1 Å². The van der Waals surface area contributed by atoms with Gasteiger partial charge in [-0.3, -0.25) is 4.79 Å². The van der Waals surface area contributed by atoms with Crippen molar-refractivity contribution in [2.75, 3.05) is 20.1 Å². The number of rotatable bonds is 5. The first-order valence-electron chi connectivity index (χ1n) is 5.32. The third-order valence-corrected chi connectivity index (χ3v) is 2.32. The van der Waals surface area contributed by atoms with Crippen LogP contribution in [0.3, 0.4) is 0 Å². The number of ether oxygens (including phenoxy) is 1. The number of amides is 2. The molecule has 1 heterocycles. The summed E-state index contributed by atoms with van der Waals surface area (Å²) in [5.74, 6) is 0.0300. The van der Waals surface area contributed by atoms with Gasteiger partial charge in [-0.15, -0.1) is 0 Å². The second-order valence-corrected chi connectivity index (χ2v) is 3.77. The normalized spacial score (nSPS) is 20.3. The van der Waals surface area contributed by atoms with Gasteiger partial charge in [0.15, 0.2) is 0 Å². The average molecular weight is 214 g/mol. The summed E-state index contributed by atoms with van der Waals surface area (Å²) in [7, 11) is 1.69. The highest BCUT2D eigenvalue weighted by Gasteiger charge is 2.28. The Bertz CT molecular complexity index is 243. The monoisotopic (exact) mass is 214 g/mol. The van der Waals surface area contributed by atoms with Gasteiger partial charge in [0.25, 0.3) is 0 Å². The smallest absolute Gasteiger partial charge is 0.409 e. The summed E-state index contributed by atoms with van der Waals surface area (Å²) in [5, 5.41) is 2.79. The predicted molar refractivity (Wildman–Crippen MR) is 55.4 cm³/mol. The fraction of sp³-hybridized carbons (Fsp3) is 0.800. The van der Waals surface area contributed by atoms with Crippen LogP contribution in [0.4, 0.5) is 4.79 Å².